The second-order valence-corrected chi connectivity index (χ2v) is 5.15. The first-order chi connectivity index (χ1) is 12.0. The molecule has 0 saturated heterocycles. The number of ether oxygens (including phenoxy) is 1. The van der Waals surface area contributed by atoms with E-state index in [0.29, 0.717) is 12.1 Å². The Hall–Kier alpha value is -3.23. The van der Waals surface area contributed by atoms with Crippen molar-refractivity contribution in [2.75, 3.05) is 13.2 Å². The first kappa shape index (κ1) is 18.1. The summed E-state index contributed by atoms with van der Waals surface area (Å²) in [5, 5.41) is 9.02. The molecule has 132 valence electrons. The van der Waals surface area contributed by atoms with Gasteiger partial charge in [0.25, 0.3) is 5.91 Å². The van der Waals surface area contributed by atoms with Gasteiger partial charge in [0.2, 0.25) is 5.91 Å². The number of amides is 2. The van der Waals surface area contributed by atoms with Crippen molar-refractivity contribution in [2.24, 2.45) is 0 Å². The number of nitrogens with zero attached hydrogens (tertiary/aromatic N) is 3. The molecule has 1 heterocycles. The van der Waals surface area contributed by atoms with Crippen LogP contribution in [0, 0.1) is 0 Å². The molecule has 2 rings (SSSR count). The second-order valence-electron chi connectivity index (χ2n) is 5.15. The maximum Gasteiger partial charge on any atom is 0.338 e. The minimum atomic E-state index is -0.701. The summed E-state index contributed by atoms with van der Waals surface area (Å²) in [6.07, 6.45) is 2.94. The first-order valence-corrected chi connectivity index (χ1v) is 7.70. The molecule has 25 heavy (non-hydrogen) atoms. The summed E-state index contributed by atoms with van der Waals surface area (Å²) in [4.78, 5) is 39.0. The molecule has 0 spiro atoms. The van der Waals surface area contributed by atoms with Crippen molar-refractivity contribution in [1.82, 2.24) is 25.4 Å². The molecule has 2 N–H and O–H groups in total. The highest BCUT2D eigenvalue weighted by molar-refractivity contribution is 5.92. The minimum absolute atomic E-state index is 0.299. The normalized spacial score (nSPS) is 11.4. The van der Waals surface area contributed by atoms with Crippen LogP contribution in [0.2, 0.25) is 0 Å². The molecule has 9 heteroatoms. The van der Waals surface area contributed by atoms with Crippen LogP contribution in [0.25, 0.3) is 5.69 Å². The highest BCUT2D eigenvalue weighted by Crippen LogP contribution is 2.09. The van der Waals surface area contributed by atoms with Gasteiger partial charge in [-0.2, -0.15) is 5.10 Å². The number of carbonyl (C=O) groups is 3. The predicted octanol–water partition coefficient (Wildman–Crippen LogP) is 0.0649. The highest BCUT2D eigenvalue weighted by Gasteiger charge is 2.16. The Morgan fingerprint density at radius 2 is 1.96 bits per heavy atom. The molecule has 0 aliphatic carbocycles. The van der Waals surface area contributed by atoms with Crippen molar-refractivity contribution >= 4 is 17.8 Å². The van der Waals surface area contributed by atoms with Gasteiger partial charge in [0.1, 0.15) is 18.7 Å². The van der Waals surface area contributed by atoms with Crippen molar-refractivity contribution in [2.45, 2.75) is 19.9 Å². The molecule has 0 unspecified atom stereocenters. The van der Waals surface area contributed by atoms with Gasteiger partial charge in [-0.25, -0.2) is 14.5 Å². The van der Waals surface area contributed by atoms with Crippen LogP contribution in [0.3, 0.4) is 0 Å². The standard InChI is InChI=1S/C16H19N5O4/c1-3-18-15(23)11(2)20-14(22)8-25-16(24)12-4-6-13(7-5-12)21-10-17-9-19-21/h4-7,9-11H,3,8H2,1-2H3,(H,18,23)(H,20,22)/t11-/m0/s1. The number of hydrogen-bond acceptors (Lipinski definition) is 6. The van der Waals surface area contributed by atoms with E-state index in [0.717, 1.165) is 5.69 Å². The Morgan fingerprint density at radius 3 is 2.56 bits per heavy atom. The number of benzene rings is 1. The quantitative estimate of drug-likeness (QED) is 0.686. The van der Waals surface area contributed by atoms with Crippen LogP contribution in [0.1, 0.15) is 24.2 Å². The monoisotopic (exact) mass is 345 g/mol. The minimum Gasteiger partial charge on any atom is -0.452 e. The lowest BCUT2D eigenvalue weighted by molar-refractivity contribution is -0.130. The van der Waals surface area contributed by atoms with Gasteiger partial charge in [-0.3, -0.25) is 9.59 Å². The fourth-order valence-corrected chi connectivity index (χ4v) is 1.98. The van der Waals surface area contributed by atoms with Gasteiger partial charge in [-0.05, 0) is 38.1 Å². The molecule has 1 aromatic carbocycles. The zero-order chi connectivity index (χ0) is 18.2. The molecule has 1 atom stereocenters. The van der Waals surface area contributed by atoms with E-state index in [1.54, 1.807) is 42.8 Å². The van der Waals surface area contributed by atoms with Gasteiger partial charge in [-0.1, -0.05) is 0 Å². The molecule has 0 fully saturated rings. The number of aromatic nitrogens is 3. The molecule has 0 saturated carbocycles. The lowest BCUT2D eigenvalue weighted by atomic mass is 10.2. The molecular formula is C16H19N5O4. The number of nitrogens with one attached hydrogen (secondary N) is 2. The summed E-state index contributed by atoms with van der Waals surface area (Å²) in [5.74, 6) is -1.48. The fraction of sp³-hybridized carbons (Fsp3) is 0.312. The third-order valence-corrected chi connectivity index (χ3v) is 3.24. The largest absolute Gasteiger partial charge is 0.452 e. The lowest BCUT2D eigenvalue weighted by Gasteiger charge is -2.13. The molecule has 9 nitrogen and oxygen atoms in total. The summed E-state index contributed by atoms with van der Waals surface area (Å²) < 4.78 is 6.49. The van der Waals surface area contributed by atoms with E-state index in [4.69, 9.17) is 4.74 Å². The van der Waals surface area contributed by atoms with Crippen molar-refractivity contribution in [3.63, 3.8) is 0 Å². The van der Waals surface area contributed by atoms with Crippen LogP contribution in [0.15, 0.2) is 36.9 Å². The maximum atomic E-state index is 12.0. The van der Waals surface area contributed by atoms with Gasteiger partial charge in [0.05, 0.1) is 11.3 Å². The van der Waals surface area contributed by atoms with E-state index >= 15 is 0 Å². The third kappa shape index (κ3) is 5.13. The van der Waals surface area contributed by atoms with E-state index in [1.807, 2.05) is 0 Å². The summed E-state index contributed by atoms with van der Waals surface area (Å²) in [6.45, 7) is 3.34. The number of hydrogen-bond donors (Lipinski definition) is 2. The van der Waals surface area contributed by atoms with Crippen LogP contribution in [-0.4, -0.2) is 51.7 Å². The molecule has 2 aromatic rings. The third-order valence-electron chi connectivity index (χ3n) is 3.24. The number of esters is 1. The van der Waals surface area contributed by atoms with Crippen LogP contribution in [0.4, 0.5) is 0 Å². The summed E-state index contributed by atoms with van der Waals surface area (Å²) in [7, 11) is 0. The Bertz CT molecular complexity index is 727. The number of likely N-dealkylation sites (N-methyl/N-ethyl adjacent to an activating group) is 1. The van der Waals surface area contributed by atoms with E-state index in [2.05, 4.69) is 20.7 Å². The van der Waals surface area contributed by atoms with Gasteiger partial charge in [0, 0.05) is 6.54 Å². The van der Waals surface area contributed by atoms with E-state index < -0.39 is 24.5 Å². The van der Waals surface area contributed by atoms with Crippen molar-refractivity contribution in [3.8, 4) is 5.69 Å². The van der Waals surface area contributed by atoms with Gasteiger partial charge >= 0.3 is 5.97 Å². The van der Waals surface area contributed by atoms with Crippen LogP contribution >= 0.6 is 0 Å². The van der Waals surface area contributed by atoms with Crippen LogP contribution in [-0.2, 0) is 14.3 Å². The van der Waals surface area contributed by atoms with Crippen LogP contribution < -0.4 is 10.6 Å². The second kappa shape index (κ2) is 8.57. The summed E-state index contributed by atoms with van der Waals surface area (Å²) in [6, 6.07) is 5.79. The zero-order valence-corrected chi connectivity index (χ0v) is 13.9. The molecule has 0 aliphatic rings. The van der Waals surface area contributed by atoms with E-state index in [-0.39, 0.29) is 5.91 Å². The molecule has 0 aliphatic heterocycles. The predicted molar refractivity (Wildman–Crippen MR) is 87.9 cm³/mol. The molecule has 2 amide bonds. The van der Waals surface area contributed by atoms with Gasteiger partial charge in [-0.15, -0.1) is 0 Å². The van der Waals surface area contributed by atoms with Crippen molar-refractivity contribution in [1.29, 1.82) is 0 Å². The van der Waals surface area contributed by atoms with Gasteiger partial charge in [0.15, 0.2) is 6.61 Å². The Kier molecular flexibility index (Phi) is 6.21. The molecule has 0 radical (unpaired) electrons. The average molecular weight is 345 g/mol. The van der Waals surface area contributed by atoms with Crippen molar-refractivity contribution < 1.29 is 19.1 Å². The smallest absolute Gasteiger partial charge is 0.338 e. The fourth-order valence-electron chi connectivity index (χ4n) is 1.98. The zero-order valence-electron chi connectivity index (χ0n) is 13.9. The Morgan fingerprint density at radius 1 is 1.24 bits per heavy atom. The molecule has 0 bridgehead atoms. The highest BCUT2D eigenvalue weighted by atomic mass is 16.5. The number of carbonyl (C=O) groups excluding carboxylic acids is 3. The summed E-state index contributed by atoms with van der Waals surface area (Å²) >= 11 is 0. The average Bonchev–Trinajstić information content (AvgIpc) is 3.14. The van der Waals surface area contributed by atoms with E-state index in [1.165, 1.54) is 12.7 Å². The Balaban J connectivity index is 1.83. The number of rotatable bonds is 7. The first-order valence-electron chi connectivity index (χ1n) is 7.70. The molecule has 1 aromatic heterocycles. The summed E-state index contributed by atoms with van der Waals surface area (Å²) in [5.41, 5.74) is 1.04. The molecular weight excluding hydrogens is 326 g/mol. The van der Waals surface area contributed by atoms with Crippen molar-refractivity contribution in [3.05, 3.63) is 42.5 Å². The lowest BCUT2D eigenvalue weighted by Crippen LogP contribution is -2.46. The van der Waals surface area contributed by atoms with Crippen LogP contribution in [0.5, 0.6) is 0 Å². The van der Waals surface area contributed by atoms with E-state index in [9.17, 15) is 14.4 Å². The maximum absolute atomic E-state index is 12.0. The topological polar surface area (TPSA) is 115 Å². The Labute approximate surface area is 144 Å². The van der Waals surface area contributed by atoms with Gasteiger partial charge < -0.3 is 15.4 Å². The SMILES string of the molecule is CCNC(=O)[C@H](C)NC(=O)COC(=O)c1ccc(-n2cncn2)cc1.